The summed E-state index contributed by atoms with van der Waals surface area (Å²) in [5.74, 6) is 4.63. The second kappa shape index (κ2) is 7.84. The molecular formula is C22H21F2N7OS. The molecule has 3 heterocycles. The lowest BCUT2D eigenvalue weighted by molar-refractivity contribution is 0.0622. The lowest BCUT2D eigenvalue weighted by Gasteiger charge is -2.40. The van der Waals surface area contributed by atoms with Gasteiger partial charge >= 0.3 is 0 Å². The van der Waals surface area contributed by atoms with Crippen LogP contribution in [0.2, 0.25) is 0 Å². The van der Waals surface area contributed by atoms with Crippen LogP contribution in [0.5, 0.6) is 0 Å². The van der Waals surface area contributed by atoms with Crippen LogP contribution in [0.15, 0.2) is 18.2 Å². The van der Waals surface area contributed by atoms with Gasteiger partial charge in [0, 0.05) is 43.2 Å². The minimum atomic E-state index is -0.762. The van der Waals surface area contributed by atoms with Gasteiger partial charge in [0.25, 0.3) is 5.91 Å². The van der Waals surface area contributed by atoms with Crippen molar-refractivity contribution >= 4 is 43.7 Å². The highest BCUT2D eigenvalue weighted by molar-refractivity contribution is 7.23. The zero-order chi connectivity index (χ0) is 23.4. The first-order chi connectivity index (χ1) is 15.8. The number of fused-ring (bicyclic) bond motifs is 3. The normalized spacial score (nSPS) is 18.5. The molecule has 1 aromatic heterocycles. The van der Waals surface area contributed by atoms with Crippen LogP contribution in [0.3, 0.4) is 0 Å². The van der Waals surface area contributed by atoms with Crippen LogP contribution in [-0.4, -0.2) is 43.0 Å². The molecule has 0 spiro atoms. The zero-order valence-electron chi connectivity index (χ0n) is 17.5. The summed E-state index contributed by atoms with van der Waals surface area (Å²) in [6.45, 7) is 2.17. The van der Waals surface area contributed by atoms with Crippen molar-refractivity contribution < 1.29 is 13.6 Å². The molecule has 33 heavy (non-hydrogen) atoms. The molecule has 170 valence electrons. The first-order valence-electron chi connectivity index (χ1n) is 10.4. The minimum absolute atomic E-state index is 0.0454. The zero-order valence-corrected chi connectivity index (χ0v) is 18.3. The standard InChI is InChI=1S/C22H21F2N7OS/c23-14-2-1-11(16-13(8-25)21(27)33-20(14)16)17-15(24)7-12-19(18(17)26)31(28)5-3-10-9-29-4-6-30(10)22(12)32/h1-2,7,10,29H,3-6,9,26-28H2/t10-/m1/s1. The maximum atomic E-state index is 15.6. The van der Waals surface area contributed by atoms with Gasteiger partial charge < -0.3 is 26.7 Å². The van der Waals surface area contributed by atoms with E-state index < -0.39 is 11.6 Å². The number of amides is 1. The second-order valence-corrected chi connectivity index (χ2v) is 9.19. The molecule has 0 bridgehead atoms. The van der Waals surface area contributed by atoms with Gasteiger partial charge in [-0.1, -0.05) is 6.07 Å². The Labute approximate surface area is 192 Å². The number of benzene rings is 2. The summed E-state index contributed by atoms with van der Waals surface area (Å²) >= 11 is 0.914. The number of rotatable bonds is 1. The molecule has 0 saturated carbocycles. The number of carbonyl (C=O) groups is 1. The molecular weight excluding hydrogens is 448 g/mol. The molecule has 0 aliphatic carbocycles. The van der Waals surface area contributed by atoms with Crippen molar-refractivity contribution in [2.45, 2.75) is 12.5 Å². The van der Waals surface area contributed by atoms with Crippen molar-refractivity contribution in [1.82, 2.24) is 10.2 Å². The smallest absolute Gasteiger partial charge is 0.256 e. The molecule has 8 nitrogen and oxygen atoms in total. The maximum absolute atomic E-state index is 15.6. The predicted molar refractivity (Wildman–Crippen MR) is 125 cm³/mol. The van der Waals surface area contributed by atoms with Crippen molar-refractivity contribution in [3.8, 4) is 17.2 Å². The number of nitrogens with one attached hydrogen (secondary N) is 1. The number of nitrogens with two attached hydrogens (primary N) is 3. The number of thiophene rings is 1. The number of carbonyl (C=O) groups excluding carboxylic acids is 1. The van der Waals surface area contributed by atoms with Gasteiger partial charge in [-0.25, -0.2) is 14.6 Å². The Hall–Kier alpha value is -3.46. The van der Waals surface area contributed by atoms with E-state index in [0.717, 1.165) is 17.4 Å². The Bertz CT molecular complexity index is 1350. The van der Waals surface area contributed by atoms with Crippen molar-refractivity contribution in [3.05, 3.63) is 41.0 Å². The first-order valence-corrected chi connectivity index (χ1v) is 11.2. The Balaban J connectivity index is 1.77. The van der Waals surface area contributed by atoms with Crippen molar-refractivity contribution in [2.75, 3.05) is 42.7 Å². The van der Waals surface area contributed by atoms with E-state index >= 15 is 4.39 Å². The van der Waals surface area contributed by atoms with Crippen LogP contribution in [0.25, 0.3) is 21.2 Å². The van der Waals surface area contributed by atoms with E-state index in [4.69, 9.17) is 17.3 Å². The van der Waals surface area contributed by atoms with Crippen LogP contribution in [-0.2, 0) is 0 Å². The molecule has 1 fully saturated rings. The number of hydrogen-bond acceptors (Lipinski definition) is 8. The summed E-state index contributed by atoms with van der Waals surface area (Å²) in [4.78, 5) is 15.1. The number of nitrogen functional groups attached to an aromatic ring is 2. The van der Waals surface area contributed by atoms with Gasteiger partial charge in [0.2, 0.25) is 0 Å². The van der Waals surface area contributed by atoms with E-state index in [-0.39, 0.29) is 60.7 Å². The largest absolute Gasteiger partial charge is 0.396 e. The molecule has 7 N–H and O–H groups in total. The third-order valence-corrected chi connectivity index (χ3v) is 7.35. The van der Waals surface area contributed by atoms with Crippen LogP contribution >= 0.6 is 11.3 Å². The second-order valence-electron chi connectivity index (χ2n) is 8.13. The lowest BCUT2D eigenvalue weighted by atomic mass is 9.93. The highest BCUT2D eigenvalue weighted by Crippen LogP contribution is 2.46. The first kappa shape index (κ1) is 21.4. The Kier molecular flexibility index (Phi) is 5.08. The van der Waals surface area contributed by atoms with Gasteiger partial charge in [-0.15, -0.1) is 11.3 Å². The Morgan fingerprint density at radius 2 is 1.97 bits per heavy atom. The van der Waals surface area contributed by atoms with E-state index in [1.807, 2.05) is 6.07 Å². The van der Waals surface area contributed by atoms with Gasteiger partial charge in [0.05, 0.1) is 27.2 Å². The minimum Gasteiger partial charge on any atom is -0.396 e. The number of piperazine rings is 1. The van der Waals surface area contributed by atoms with Crippen LogP contribution in [0.4, 0.5) is 25.2 Å². The van der Waals surface area contributed by atoms with Crippen LogP contribution in [0, 0.1) is 23.0 Å². The summed E-state index contributed by atoms with van der Waals surface area (Å²) in [6.07, 6.45) is 0.612. The quantitative estimate of drug-likeness (QED) is 0.317. The molecule has 0 radical (unpaired) electrons. The summed E-state index contributed by atoms with van der Waals surface area (Å²) in [5.41, 5.74) is 12.9. The average molecular weight is 470 g/mol. The number of hydrogen-bond donors (Lipinski definition) is 4. The van der Waals surface area contributed by atoms with Crippen molar-refractivity contribution in [2.24, 2.45) is 5.84 Å². The predicted octanol–water partition coefficient (Wildman–Crippen LogP) is 2.38. The fourth-order valence-electron chi connectivity index (χ4n) is 4.76. The third-order valence-electron chi connectivity index (χ3n) is 6.32. The van der Waals surface area contributed by atoms with Gasteiger partial charge in [0.1, 0.15) is 22.7 Å². The summed E-state index contributed by atoms with van der Waals surface area (Å²) in [6, 6.07) is 5.59. The number of hydrazine groups is 1. The average Bonchev–Trinajstić information content (AvgIpc) is 3.14. The Morgan fingerprint density at radius 3 is 2.73 bits per heavy atom. The summed E-state index contributed by atoms with van der Waals surface area (Å²) < 4.78 is 30.3. The van der Waals surface area contributed by atoms with E-state index in [9.17, 15) is 14.4 Å². The summed E-state index contributed by atoms with van der Waals surface area (Å²) in [5, 5.41) is 14.5. The lowest BCUT2D eigenvalue weighted by Crippen LogP contribution is -2.56. The molecule has 1 saturated heterocycles. The highest BCUT2D eigenvalue weighted by Gasteiger charge is 2.35. The van der Waals surface area contributed by atoms with Crippen LogP contribution < -0.4 is 27.6 Å². The molecule has 0 unspecified atom stereocenters. The fourth-order valence-corrected chi connectivity index (χ4v) is 5.70. The molecule has 3 aromatic rings. The third kappa shape index (κ3) is 3.18. The van der Waals surface area contributed by atoms with Crippen molar-refractivity contribution in [1.29, 1.82) is 5.26 Å². The molecule has 1 atom stereocenters. The van der Waals surface area contributed by atoms with E-state index in [0.29, 0.717) is 32.6 Å². The number of halogens is 2. The molecule has 2 aliphatic heterocycles. The molecule has 2 aliphatic rings. The number of nitrogens with zero attached hydrogens (tertiary/aromatic N) is 3. The monoisotopic (exact) mass is 469 g/mol. The van der Waals surface area contributed by atoms with Gasteiger partial charge in [0.15, 0.2) is 0 Å². The molecule has 2 aromatic carbocycles. The molecule has 11 heteroatoms. The Morgan fingerprint density at radius 1 is 1.18 bits per heavy atom. The number of anilines is 3. The fraction of sp³-hybridized carbons (Fsp3) is 0.273. The maximum Gasteiger partial charge on any atom is 0.256 e. The van der Waals surface area contributed by atoms with E-state index in [1.54, 1.807) is 4.90 Å². The molecule has 1 amide bonds. The molecule has 5 rings (SSSR count). The van der Waals surface area contributed by atoms with E-state index in [1.165, 1.54) is 17.1 Å². The number of nitriles is 1. The topological polar surface area (TPSA) is 137 Å². The highest BCUT2D eigenvalue weighted by atomic mass is 32.1. The van der Waals surface area contributed by atoms with E-state index in [2.05, 4.69) is 5.32 Å². The van der Waals surface area contributed by atoms with Crippen molar-refractivity contribution in [3.63, 3.8) is 0 Å². The van der Waals surface area contributed by atoms with Crippen LogP contribution in [0.1, 0.15) is 22.3 Å². The SMILES string of the molecule is N#Cc1c(N)sc2c(F)ccc(-c3c(F)cc4c(c3N)N(N)CC[C@@H]3CNCCN3C4=O)c12. The van der Waals surface area contributed by atoms with Gasteiger partial charge in [-0.3, -0.25) is 4.79 Å². The summed E-state index contributed by atoms with van der Waals surface area (Å²) in [7, 11) is 0. The van der Waals surface area contributed by atoms with Gasteiger partial charge in [-0.05, 0) is 24.1 Å². The van der Waals surface area contributed by atoms with Gasteiger partial charge in [-0.2, -0.15) is 5.26 Å².